The van der Waals surface area contributed by atoms with Crippen molar-refractivity contribution in [3.8, 4) is 0 Å². The van der Waals surface area contributed by atoms with Gasteiger partial charge in [0.2, 0.25) is 11.8 Å². The lowest BCUT2D eigenvalue weighted by Gasteiger charge is -2.13. The number of aryl methyl sites for hydroxylation is 4. The van der Waals surface area contributed by atoms with E-state index in [-0.39, 0.29) is 24.9 Å². The van der Waals surface area contributed by atoms with Crippen LogP contribution in [0.25, 0.3) is 0 Å². The SMILES string of the molecule is Cc1ccc(CCC(=O)NCC(O)CNC(=O)CCc2ccc(C)cc2)cc1. The summed E-state index contributed by atoms with van der Waals surface area (Å²) in [6, 6.07) is 16.2. The Balaban J connectivity index is 1.57. The van der Waals surface area contributed by atoms with Gasteiger partial charge in [-0.15, -0.1) is 0 Å². The van der Waals surface area contributed by atoms with Gasteiger partial charge in [-0.2, -0.15) is 0 Å². The largest absolute Gasteiger partial charge is 0.389 e. The van der Waals surface area contributed by atoms with Gasteiger partial charge in [0, 0.05) is 25.9 Å². The Morgan fingerprint density at radius 3 is 1.46 bits per heavy atom. The van der Waals surface area contributed by atoms with Gasteiger partial charge in [-0.1, -0.05) is 59.7 Å². The Kier molecular flexibility index (Phi) is 8.69. The molecule has 2 aromatic rings. The second kappa shape index (κ2) is 11.2. The fourth-order valence-electron chi connectivity index (χ4n) is 2.74. The first-order chi connectivity index (χ1) is 13.4. The molecule has 0 heterocycles. The monoisotopic (exact) mass is 382 g/mol. The molecular formula is C23H30N2O3. The highest BCUT2D eigenvalue weighted by molar-refractivity contribution is 5.76. The van der Waals surface area contributed by atoms with Crippen molar-refractivity contribution < 1.29 is 14.7 Å². The number of amides is 2. The number of rotatable bonds is 10. The summed E-state index contributed by atoms with van der Waals surface area (Å²) in [5.74, 6) is -0.212. The molecule has 0 atom stereocenters. The minimum Gasteiger partial charge on any atom is -0.389 e. The van der Waals surface area contributed by atoms with E-state index < -0.39 is 6.10 Å². The molecule has 28 heavy (non-hydrogen) atoms. The maximum absolute atomic E-state index is 11.9. The van der Waals surface area contributed by atoms with Crippen molar-refractivity contribution in [3.05, 3.63) is 70.8 Å². The van der Waals surface area contributed by atoms with Crippen molar-refractivity contribution in [1.29, 1.82) is 0 Å². The summed E-state index contributed by atoms with van der Waals surface area (Å²) in [5, 5.41) is 15.4. The molecule has 0 radical (unpaired) electrons. The number of hydrogen-bond donors (Lipinski definition) is 3. The maximum atomic E-state index is 11.9. The minimum absolute atomic E-state index is 0.106. The fourth-order valence-corrected chi connectivity index (χ4v) is 2.74. The lowest BCUT2D eigenvalue weighted by Crippen LogP contribution is -2.40. The summed E-state index contributed by atoms with van der Waals surface area (Å²) in [5.41, 5.74) is 4.61. The molecule has 0 saturated heterocycles. The quantitative estimate of drug-likeness (QED) is 0.591. The minimum atomic E-state index is -0.799. The summed E-state index contributed by atoms with van der Waals surface area (Å²) in [6.45, 7) is 4.31. The van der Waals surface area contributed by atoms with E-state index in [1.54, 1.807) is 0 Å². The van der Waals surface area contributed by atoms with E-state index in [0.717, 1.165) is 11.1 Å². The molecule has 0 aliphatic rings. The smallest absolute Gasteiger partial charge is 0.220 e. The summed E-state index contributed by atoms with van der Waals surface area (Å²) in [4.78, 5) is 23.8. The first kappa shape index (κ1) is 21.6. The molecule has 0 bridgehead atoms. The van der Waals surface area contributed by atoms with Crippen molar-refractivity contribution in [1.82, 2.24) is 10.6 Å². The molecule has 0 spiro atoms. The molecule has 2 aromatic carbocycles. The highest BCUT2D eigenvalue weighted by atomic mass is 16.3. The molecule has 0 aromatic heterocycles. The molecule has 2 amide bonds. The molecule has 0 aliphatic heterocycles. The van der Waals surface area contributed by atoms with Crippen molar-refractivity contribution >= 4 is 11.8 Å². The Morgan fingerprint density at radius 1 is 0.750 bits per heavy atom. The van der Waals surface area contributed by atoms with Crippen molar-refractivity contribution in [2.75, 3.05) is 13.1 Å². The van der Waals surface area contributed by atoms with Gasteiger partial charge >= 0.3 is 0 Å². The van der Waals surface area contributed by atoms with Gasteiger partial charge < -0.3 is 15.7 Å². The van der Waals surface area contributed by atoms with Crippen LogP contribution in [0.4, 0.5) is 0 Å². The van der Waals surface area contributed by atoms with Crippen LogP contribution in [0.2, 0.25) is 0 Å². The van der Waals surface area contributed by atoms with Gasteiger partial charge in [-0.3, -0.25) is 9.59 Å². The van der Waals surface area contributed by atoms with Crippen molar-refractivity contribution in [2.24, 2.45) is 0 Å². The van der Waals surface area contributed by atoms with Gasteiger partial charge in [-0.05, 0) is 37.8 Å². The van der Waals surface area contributed by atoms with Gasteiger partial charge in [0.1, 0.15) is 0 Å². The third-order valence-electron chi connectivity index (χ3n) is 4.59. The van der Waals surface area contributed by atoms with E-state index in [1.165, 1.54) is 11.1 Å². The number of aliphatic hydroxyl groups excluding tert-OH is 1. The molecule has 2 rings (SSSR count). The topological polar surface area (TPSA) is 78.4 Å². The summed E-state index contributed by atoms with van der Waals surface area (Å²) < 4.78 is 0. The second-order valence-corrected chi connectivity index (χ2v) is 7.23. The molecule has 150 valence electrons. The van der Waals surface area contributed by atoms with E-state index in [2.05, 4.69) is 10.6 Å². The zero-order chi connectivity index (χ0) is 20.4. The zero-order valence-electron chi connectivity index (χ0n) is 16.7. The average Bonchev–Trinajstić information content (AvgIpc) is 2.69. The lowest BCUT2D eigenvalue weighted by atomic mass is 10.1. The fraction of sp³-hybridized carbons (Fsp3) is 0.391. The number of hydrogen-bond acceptors (Lipinski definition) is 3. The van der Waals surface area contributed by atoms with Gasteiger partial charge in [0.15, 0.2) is 0 Å². The number of benzene rings is 2. The molecule has 0 aliphatic carbocycles. The molecule has 0 saturated carbocycles. The first-order valence-electron chi connectivity index (χ1n) is 9.75. The normalized spacial score (nSPS) is 10.7. The van der Waals surface area contributed by atoms with Gasteiger partial charge in [0.05, 0.1) is 6.10 Å². The number of aliphatic hydroxyl groups is 1. The summed E-state index contributed by atoms with van der Waals surface area (Å²) >= 11 is 0. The first-order valence-corrected chi connectivity index (χ1v) is 9.75. The van der Waals surface area contributed by atoms with Crippen LogP contribution >= 0.6 is 0 Å². The summed E-state index contributed by atoms with van der Waals surface area (Å²) in [7, 11) is 0. The van der Waals surface area contributed by atoms with Crippen LogP contribution in [-0.2, 0) is 22.4 Å². The zero-order valence-corrected chi connectivity index (χ0v) is 16.7. The van der Waals surface area contributed by atoms with Crippen LogP contribution < -0.4 is 10.6 Å². The average molecular weight is 383 g/mol. The Morgan fingerprint density at radius 2 is 1.11 bits per heavy atom. The van der Waals surface area contributed by atoms with Crippen LogP contribution in [0.15, 0.2) is 48.5 Å². The highest BCUT2D eigenvalue weighted by Gasteiger charge is 2.09. The van der Waals surface area contributed by atoms with Gasteiger partial charge in [0.25, 0.3) is 0 Å². The van der Waals surface area contributed by atoms with Gasteiger partial charge in [-0.25, -0.2) is 0 Å². The van der Waals surface area contributed by atoms with Crippen LogP contribution in [0.3, 0.4) is 0 Å². The standard InChI is InChI=1S/C23H30N2O3/c1-17-3-7-19(8-4-17)11-13-22(27)24-15-21(26)16-25-23(28)14-12-20-9-5-18(2)6-10-20/h3-10,21,26H,11-16H2,1-2H3,(H,24,27)(H,25,28). The van der Waals surface area contributed by atoms with Crippen molar-refractivity contribution in [2.45, 2.75) is 45.6 Å². The molecule has 0 fully saturated rings. The highest BCUT2D eigenvalue weighted by Crippen LogP contribution is 2.06. The number of carbonyl (C=O) groups is 2. The van der Waals surface area contributed by atoms with E-state index in [9.17, 15) is 14.7 Å². The Hall–Kier alpha value is -2.66. The number of nitrogens with one attached hydrogen (secondary N) is 2. The molecule has 3 N–H and O–H groups in total. The van der Waals surface area contributed by atoms with Crippen LogP contribution in [0, 0.1) is 13.8 Å². The lowest BCUT2D eigenvalue weighted by molar-refractivity contribution is -0.121. The molecule has 0 unspecified atom stereocenters. The molecule has 5 nitrogen and oxygen atoms in total. The Bertz CT molecular complexity index is 689. The maximum Gasteiger partial charge on any atom is 0.220 e. The molecule has 5 heteroatoms. The van der Waals surface area contributed by atoms with Crippen LogP contribution in [-0.4, -0.2) is 36.1 Å². The van der Waals surface area contributed by atoms with E-state index >= 15 is 0 Å². The van der Waals surface area contributed by atoms with E-state index in [0.29, 0.717) is 25.7 Å². The van der Waals surface area contributed by atoms with E-state index in [4.69, 9.17) is 0 Å². The third-order valence-corrected chi connectivity index (χ3v) is 4.59. The van der Waals surface area contributed by atoms with E-state index in [1.807, 2.05) is 62.4 Å². The predicted molar refractivity (Wildman–Crippen MR) is 111 cm³/mol. The second-order valence-electron chi connectivity index (χ2n) is 7.23. The van der Waals surface area contributed by atoms with Crippen LogP contribution in [0.5, 0.6) is 0 Å². The summed E-state index contributed by atoms with van der Waals surface area (Å²) in [6.07, 6.45) is 1.28. The predicted octanol–water partition coefficient (Wildman–Crippen LogP) is 2.46. The Labute approximate surface area is 167 Å². The van der Waals surface area contributed by atoms with Crippen molar-refractivity contribution in [3.63, 3.8) is 0 Å². The van der Waals surface area contributed by atoms with Crippen LogP contribution in [0.1, 0.15) is 35.1 Å². The number of carbonyl (C=O) groups excluding carboxylic acids is 2. The molecular weight excluding hydrogens is 352 g/mol. The third kappa shape index (κ3) is 8.35.